The van der Waals surface area contributed by atoms with E-state index in [0.29, 0.717) is 22.6 Å². The minimum atomic E-state index is -0.345. The highest BCUT2D eigenvalue weighted by molar-refractivity contribution is 5.88. The molecule has 0 bridgehead atoms. The molecular formula is C22H20N2O4. The first-order chi connectivity index (χ1) is 13.7. The van der Waals surface area contributed by atoms with Crippen LogP contribution in [0, 0.1) is 0 Å². The van der Waals surface area contributed by atoms with E-state index in [1.807, 2.05) is 0 Å². The van der Waals surface area contributed by atoms with Crippen LogP contribution in [0.1, 0.15) is 44.6 Å². The lowest BCUT2D eigenvalue weighted by atomic mass is 10.1. The molecule has 1 saturated carbocycles. The maximum absolute atomic E-state index is 13.5. The van der Waals surface area contributed by atoms with E-state index in [0.717, 1.165) is 38.5 Å². The third-order valence-corrected chi connectivity index (χ3v) is 5.58. The first-order valence-electron chi connectivity index (χ1n) is 9.76. The predicted molar refractivity (Wildman–Crippen MR) is 106 cm³/mol. The monoisotopic (exact) mass is 376 g/mol. The van der Waals surface area contributed by atoms with E-state index in [-0.39, 0.29) is 28.1 Å². The highest BCUT2D eigenvalue weighted by atomic mass is 16.3. The van der Waals surface area contributed by atoms with Gasteiger partial charge in [-0.2, -0.15) is 4.98 Å². The van der Waals surface area contributed by atoms with E-state index in [1.54, 1.807) is 47.2 Å². The molecular weight excluding hydrogens is 356 g/mol. The lowest BCUT2D eigenvalue weighted by molar-refractivity contribution is 0.427. The van der Waals surface area contributed by atoms with Crippen LogP contribution in [0.3, 0.4) is 0 Å². The number of fused-ring (bicyclic) bond motifs is 2. The summed E-state index contributed by atoms with van der Waals surface area (Å²) in [5, 5.41) is 0.408. The molecule has 5 rings (SSSR count). The van der Waals surface area contributed by atoms with Crippen molar-refractivity contribution in [1.29, 1.82) is 0 Å². The molecule has 0 atom stereocenters. The number of nitrogens with zero attached hydrogens (tertiary/aromatic N) is 2. The van der Waals surface area contributed by atoms with E-state index in [9.17, 15) is 9.59 Å². The van der Waals surface area contributed by atoms with E-state index < -0.39 is 0 Å². The molecule has 0 saturated heterocycles. The average Bonchev–Trinajstić information content (AvgIpc) is 3.11. The van der Waals surface area contributed by atoms with Gasteiger partial charge >= 0.3 is 0 Å². The summed E-state index contributed by atoms with van der Waals surface area (Å²) in [6.45, 7) is 0. The topological polar surface area (TPSA) is 78.2 Å². The van der Waals surface area contributed by atoms with Crippen LogP contribution in [0.4, 0.5) is 0 Å². The van der Waals surface area contributed by atoms with E-state index in [2.05, 4.69) is 4.98 Å². The third-order valence-electron chi connectivity index (χ3n) is 5.58. The molecule has 0 N–H and O–H groups in total. The van der Waals surface area contributed by atoms with Crippen LogP contribution in [-0.4, -0.2) is 9.55 Å². The van der Waals surface area contributed by atoms with E-state index in [4.69, 9.17) is 8.83 Å². The first kappa shape index (κ1) is 17.0. The Morgan fingerprint density at radius 3 is 2.50 bits per heavy atom. The summed E-state index contributed by atoms with van der Waals surface area (Å²) < 4.78 is 13.1. The number of benzene rings is 1. The molecule has 0 aliphatic heterocycles. The van der Waals surface area contributed by atoms with Gasteiger partial charge in [0.1, 0.15) is 5.58 Å². The lowest BCUT2D eigenvalue weighted by Crippen LogP contribution is -2.30. The lowest BCUT2D eigenvalue weighted by Gasteiger charge is -2.20. The summed E-state index contributed by atoms with van der Waals surface area (Å²) in [7, 11) is 0. The molecule has 6 nitrogen and oxygen atoms in total. The molecule has 4 aromatic rings. The zero-order valence-corrected chi connectivity index (χ0v) is 15.4. The Bertz CT molecular complexity index is 1260. The highest BCUT2D eigenvalue weighted by Gasteiger charge is 2.25. The standard InChI is InChI=1S/C22H20N2O4/c25-19-15-10-5-6-11-16(15)28-21-18(19)22(26)24(14-8-3-1-2-4-9-14)20(23-21)17-12-7-13-27-17/h5-7,10-14H,1-4,8-9H2. The van der Waals surface area contributed by atoms with Crippen LogP contribution in [0.15, 0.2) is 61.1 Å². The summed E-state index contributed by atoms with van der Waals surface area (Å²) in [6, 6.07) is 10.5. The summed E-state index contributed by atoms with van der Waals surface area (Å²) in [4.78, 5) is 31.2. The Balaban J connectivity index is 1.87. The second-order valence-corrected chi connectivity index (χ2v) is 7.34. The minimum Gasteiger partial charge on any atom is -0.461 e. The molecule has 0 spiro atoms. The van der Waals surface area contributed by atoms with E-state index >= 15 is 0 Å². The molecule has 1 aliphatic rings. The number of furan rings is 1. The van der Waals surface area contributed by atoms with Crippen molar-refractivity contribution in [2.45, 2.75) is 44.6 Å². The Morgan fingerprint density at radius 1 is 0.964 bits per heavy atom. The second-order valence-electron chi connectivity index (χ2n) is 7.34. The molecule has 0 radical (unpaired) electrons. The summed E-state index contributed by atoms with van der Waals surface area (Å²) >= 11 is 0. The molecule has 1 aromatic carbocycles. The van der Waals surface area contributed by atoms with Gasteiger partial charge in [-0.25, -0.2) is 0 Å². The highest BCUT2D eigenvalue weighted by Crippen LogP contribution is 2.30. The molecule has 142 valence electrons. The smallest absolute Gasteiger partial charge is 0.269 e. The molecule has 0 amide bonds. The van der Waals surface area contributed by atoms with Crippen molar-refractivity contribution in [2.24, 2.45) is 0 Å². The molecule has 3 aromatic heterocycles. The number of para-hydroxylation sites is 1. The zero-order valence-electron chi connectivity index (χ0n) is 15.4. The Kier molecular flexibility index (Phi) is 4.11. The van der Waals surface area contributed by atoms with Gasteiger partial charge in [-0.15, -0.1) is 0 Å². The third kappa shape index (κ3) is 2.68. The predicted octanol–water partition coefficient (Wildman–Crippen LogP) is 4.66. The maximum atomic E-state index is 13.5. The molecule has 1 aliphatic carbocycles. The molecule has 6 heteroatoms. The molecule has 28 heavy (non-hydrogen) atoms. The van der Waals surface area contributed by atoms with Crippen molar-refractivity contribution < 1.29 is 8.83 Å². The fourth-order valence-corrected chi connectivity index (χ4v) is 4.20. The van der Waals surface area contributed by atoms with Crippen LogP contribution in [-0.2, 0) is 0 Å². The fourth-order valence-electron chi connectivity index (χ4n) is 4.20. The van der Waals surface area contributed by atoms with Crippen LogP contribution < -0.4 is 11.0 Å². The summed E-state index contributed by atoms with van der Waals surface area (Å²) in [5.41, 5.74) is -0.194. The van der Waals surface area contributed by atoms with Gasteiger partial charge in [0.25, 0.3) is 5.56 Å². The molecule has 1 fully saturated rings. The number of aromatic nitrogens is 2. The Morgan fingerprint density at radius 2 is 1.75 bits per heavy atom. The Hall–Kier alpha value is -3.15. The fraction of sp³-hybridized carbons (Fsp3) is 0.318. The molecule has 0 unspecified atom stereocenters. The van der Waals surface area contributed by atoms with E-state index in [1.165, 1.54) is 0 Å². The SMILES string of the molecule is O=c1c2ccccc2oc2nc(-c3ccco3)n(C3CCCCCC3)c(=O)c12. The second kappa shape index (κ2) is 6.78. The van der Waals surface area contributed by atoms with Crippen molar-refractivity contribution in [2.75, 3.05) is 0 Å². The number of hydrogen-bond acceptors (Lipinski definition) is 5. The van der Waals surface area contributed by atoms with Crippen molar-refractivity contribution in [3.8, 4) is 11.6 Å². The summed E-state index contributed by atoms with van der Waals surface area (Å²) in [6.07, 6.45) is 7.77. The number of hydrogen-bond donors (Lipinski definition) is 0. The minimum absolute atomic E-state index is 0.00197. The molecule has 3 heterocycles. The Labute approximate surface area is 160 Å². The average molecular weight is 376 g/mol. The quantitative estimate of drug-likeness (QED) is 0.376. The summed E-state index contributed by atoms with van der Waals surface area (Å²) in [5.74, 6) is 0.923. The maximum Gasteiger partial charge on any atom is 0.269 e. The van der Waals surface area contributed by atoms with Crippen molar-refractivity contribution >= 4 is 22.1 Å². The van der Waals surface area contributed by atoms with Crippen molar-refractivity contribution in [1.82, 2.24) is 9.55 Å². The van der Waals surface area contributed by atoms with Crippen LogP contribution >= 0.6 is 0 Å². The van der Waals surface area contributed by atoms with Gasteiger partial charge < -0.3 is 8.83 Å². The van der Waals surface area contributed by atoms with Gasteiger partial charge in [0.15, 0.2) is 17.0 Å². The van der Waals surface area contributed by atoms with Gasteiger partial charge in [-0.1, -0.05) is 37.8 Å². The van der Waals surface area contributed by atoms with Crippen LogP contribution in [0.25, 0.3) is 33.7 Å². The first-order valence-corrected chi connectivity index (χ1v) is 9.76. The normalized spacial score (nSPS) is 15.9. The van der Waals surface area contributed by atoms with Gasteiger partial charge in [-0.3, -0.25) is 14.2 Å². The zero-order chi connectivity index (χ0) is 19.1. The largest absolute Gasteiger partial charge is 0.461 e. The van der Waals surface area contributed by atoms with Gasteiger partial charge in [-0.05, 0) is 37.1 Å². The number of rotatable bonds is 2. The van der Waals surface area contributed by atoms with Gasteiger partial charge in [0, 0.05) is 6.04 Å². The van der Waals surface area contributed by atoms with Crippen LogP contribution in [0.5, 0.6) is 0 Å². The van der Waals surface area contributed by atoms with Gasteiger partial charge in [0.05, 0.1) is 11.6 Å². The van der Waals surface area contributed by atoms with Crippen molar-refractivity contribution in [3.05, 3.63) is 63.2 Å². The van der Waals surface area contributed by atoms with Crippen LogP contribution in [0.2, 0.25) is 0 Å². The van der Waals surface area contributed by atoms with Crippen molar-refractivity contribution in [3.63, 3.8) is 0 Å². The van der Waals surface area contributed by atoms with Gasteiger partial charge in [0.2, 0.25) is 11.1 Å².